The number of amides is 1. The normalized spacial score (nSPS) is 16.6. The van der Waals surface area contributed by atoms with E-state index in [2.05, 4.69) is 0 Å². The number of benzene rings is 1. The molecule has 1 aromatic carbocycles. The molecule has 0 atom stereocenters. The van der Waals surface area contributed by atoms with Gasteiger partial charge in [0.15, 0.2) is 0 Å². The number of nitrogens with zero attached hydrogens (tertiary/aromatic N) is 1. The second kappa shape index (κ2) is 5.38. The van der Waals surface area contributed by atoms with Crippen LogP contribution >= 0.6 is 0 Å². The Kier molecular flexibility index (Phi) is 3.84. The molecule has 0 unspecified atom stereocenters. The fourth-order valence-corrected chi connectivity index (χ4v) is 2.53. The zero-order valence-electron chi connectivity index (χ0n) is 10.7. The maximum absolute atomic E-state index is 13.7. The van der Waals surface area contributed by atoms with E-state index in [1.807, 2.05) is 0 Å². The van der Waals surface area contributed by atoms with Crippen molar-refractivity contribution in [1.29, 1.82) is 0 Å². The third kappa shape index (κ3) is 2.63. The fraction of sp³-hybridized carbons (Fsp3) is 0.500. The van der Waals surface area contributed by atoms with Crippen LogP contribution in [0.25, 0.3) is 0 Å². The lowest BCUT2D eigenvalue weighted by atomic mass is 9.94. The number of carbonyl (C=O) groups is 1. The van der Waals surface area contributed by atoms with Crippen molar-refractivity contribution < 1.29 is 9.18 Å². The average molecular weight is 250 g/mol. The van der Waals surface area contributed by atoms with Crippen LogP contribution in [0.3, 0.4) is 0 Å². The minimum Gasteiger partial charge on any atom is -0.399 e. The second-order valence-corrected chi connectivity index (χ2v) is 4.95. The molecule has 1 fully saturated rings. The number of carbonyl (C=O) groups excluding carboxylic acids is 1. The molecule has 0 bridgehead atoms. The van der Waals surface area contributed by atoms with Crippen LogP contribution in [-0.4, -0.2) is 23.9 Å². The van der Waals surface area contributed by atoms with Gasteiger partial charge in [0.05, 0.1) is 5.56 Å². The summed E-state index contributed by atoms with van der Waals surface area (Å²) in [5.41, 5.74) is 5.93. The summed E-state index contributed by atoms with van der Waals surface area (Å²) in [5.74, 6) is -0.790. The quantitative estimate of drug-likeness (QED) is 0.820. The Morgan fingerprint density at radius 3 is 2.61 bits per heavy atom. The Labute approximate surface area is 107 Å². The van der Waals surface area contributed by atoms with Crippen LogP contribution in [0, 0.1) is 5.82 Å². The number of nitrogen functional groups attached to an aromatic ring is 1. The molecule has 18 heavy (non-hydrogen) atoms. The lowest BCUT2D eigenvalue weighted by Crippen LogP contribution is -2.38. The molecule has 1 saturated carbocycles. The van der Waals surface area contributed by atoms with Crippen LogP contribution in [0.1, 0.15) is 42.5 Å². The molecule has 3 nitrogen and oxygen atoms in total. The van der Waals surface area contributed by atoms with Crippen LogP contribution in [0.5, 0.6) is 0 Å². The third-order valence-corrected chi connectivity index (χ3v) is 3.67. The minimum atomic E-state index is -0.539. The molecule has 2 N–H and O–H groups in total. The summed E-state index contributed by atoms with van der Waals surface area (Å²) in [5, 5.41) is 0. The van der Waals surface area contributed by atoms with E-state index in [4.69, 9.17) is 5.73 Å². The third-order valence-electron chi connectivity index (χ3n) is 3.67. The van der Waals surface area contributed by atoms with Gasteiger partial charge in [-0.3, -0.25) is 4.79 Å². The molecule has 0 radical (unpaired) electrons. The predicted molar refractivity (Wildman–Crippen MR) is 69.8 cm³/mol. The van der Waals surface area contributed by atoms with Crippen molar-refractivity contribution in [2.75, 3.05) is 12.8 Å². The highest BCUT2D eigenvalue weighted by atomic mass is 19.1. The Bertz CT molecular complexity index is 441. The van der Waals surface area contributed by atoms with Gasteiger partial charge in [0.25, 0.3) is 5.91 Å². The summed E-state index contributed by atoms with van der Waals surface area (Å²) in [6.45, 7) is 0. The number of nitrogens with two attached hydrogens (primary N) is 1. The fourth-order valence-electron chi connectivity index (χ4n) is 2.53. The standard InChI is InChI=1S/C14H19FN2O/c1-17(11-5-3-2-4-6-11)14(18)12-8-7-10(16)9-13(12)15/h7-9,11H,2-6,16H2,1H3. The first-order chi connectivity index (χ1) is 8.59. The SMILES string of the molecule is CN(C(=O)c1ccc(N)cc1F)C1CCCCC1. The van der Waals surface area contributed by atoms with Crippen molar-refractivity contribution in [2.24, 2.45) is 0 Å². The van der Waals surface area contributed by atoms with Crippen molar-refractivity contribution >= 4 is 11.6 Å². The predicted octanol–water partition coefficient (Wildman–Crippen LogP) is 2.81. The molecular weight excluding hydrogens is 231 g/mol. The smallest absolute Gasteiger partial charge is 0.256 e. The molecule has 0 aromatic heterocycles. The number of hydrogen-bond acceptors (Lipinski definition) is 2. The van der Waals surface area contributed by atoms with Crippen molar-refractivity contribution in [3.05, 3.63) is 29.6 Å². The van der Waals surface area contributed by atoms with E-state index in [9.17, 15) is 9.18 Å². The highest BCUT2D eigenvalue weighted by Gasteiger charge is 2.24. The Morgan fingerprint density at radius 2 is 2.00 bits per heavy atom. The first kappa shape index (κ1) is 12.9. The van der Waals surface area contributed by atoms with Gasteiger partial charge in [0.1, 0.15) is 5.82 Å². The van der Waals surface area contributed by atoms with Gasteiger partial charge in [-0.15, -0.1) is 0 Å². The maximum atomic E-state index is 13.7. The zero-order valence-corrected chi connectivity index (χ0v) is 10.7. The van der Waals surface area contributed by atoms with Gasteiger partial charge >= 0.3 is 0 Å². The molecule has 1 aliphatic carbocycles. The summed E-state index contributed by atoms with van der Waals surface area (Å²) in [4.78, 5) is 13.9. The summed E-state index contributed by atoms with van der Waals surface area (Å²) in [6.07, 6.45) is 5.55. The van der Waals surface area contributed by atoms with Gasteiger partial charge in [-0.2, -0.15) is 0 Å². The zero-order chi connectivity index (χ0) is 13.1. The molecule has 0 aliphatic heterocycles. The largest absolute Gasteiger partial charge is 0.399 e. The molecular formula is C14H19FN2O. The minimum absolute atomic E-state index is 0.109. The van der Waals surface area contributed by atoms with Crippen LogP contribution in [0.4, 0.5) is 10.1 Å². The molecule has 98 valence electrons. The summed E-state index contributed by atoms with van der Waals surface area (Å²) in [6, 6.07) is 4.46. The van der Waals surface area contributed by atoms with Gasteiger partial charge in [0, 0.05) is 18.8 Å². The maximum Gasteiger partial charge on any atom is 0.256 e. The van der Waals surface area contributed by atoms with Crippen LogP contribution < -0.4 is 5.73 Å². The molecule has 0 saturated heterocycles. The van der Waals surface area contributed by atoms with Crippen molar-refractivity contribution in [1.82, 2.24) is 4.90 Å². The Balaban J connectivity index is 2.14. The summed E-state index contributed by atoms with van der Waals surface area (Å²) >= 11 is 0. The lowest BCUT2D eigenvalue weighted by molar-refractivity contribution is 0.0691. The van der Waals surface area contributed by atoms with Gasteiger partial charge in [-0.25, -0.2) is 4.39 Å². The Hall–Kier alpha value is -1.58. The van der Waals surface area contributed by atoms with E-state index < -0.39 is 5.82 Å². The molecule has 1 aliphatic rings. The topological polar surface area (TPSA) is 46.3 Å². The molecule has 1 amide bonds. The van der Waals surface area contributed by atoms with Crippen molar-refractivity contribution in [3.8, 4) is 0 Å². The number of halogens is 1. The molecule has 0 heterocycles. The first-order valence-electron chi connectivity index (χ1n) is 6.42. The number of anilines is 1. The van der Waals surface area contributed by atoms with E-state index >= 15 is 0 Å². The molecule has 2 rings (SSSR count). The van der Waals surface area contributed by atoms with Gasteiger partial charge in [-0.05, 0) is 31.0 Å². The van der Waals surface area contributed by atoms with E-state index in [0.717, 1.165) is 25.7 Å². The average Bonchev–Trinajstić information content (AvgIpc) is 2.38. The number of rotatable bonds is 2. The highest BCUT2D eigenvalue weighted by molar-refractivity contribution is 5.94. The van der Waals surface area contributed by atoms with E-state index in [0.29, 0.717) is 5.69 Å². The van der Waals surface area contributed by atoms with Crippen molar-refractivity contribution in [2.45, 2.75) is 38.1 Å². The number of hydrogen-bond donors (Lipinski definition) is 1. The Morgan fingerprint density at radius 1 is 1.33 bits per heavy atom. The lowest BCUT2D eigenvalue weighted by Gasteiger charge is -2.31. The van der Waals surface area contributed by atoms with E-state index in [1.165, 1.54) is 18.6 Å². The first-order valence-corrected chi connectivity index (χ1v) is 6.42. The second-order valence-electron chi connectivity index (χ2n) is 4.95. The summed E-state index contributed by atoms with van der Waals surface area (Å²) < 4.78 is 13.7. The van der Waals surface area contributed by atoms with Gasteiger partial charge in [-0.1, -0.05) is 19.3 Å². The van der Waals surface area contributed by atoms with Crippen LogP contribution in [0.15, 0.2) is 18.2 Å². The van der Waals surface area contributed by atoms with Crippen LogP contribution in [-0.2, 0) is 0 Å². The van der Waals surface area contributed by atoms with E-state index in [1.54, 1.807) is 18.0 Å². The van der Waals surface area contributed by atoms with Gasteiger partial charge in [0.2, 0.25) is 0 Å². The molecule has 0 spiro atoms. The molecule has 1 aromatic rings. The van der Waals surface area contributed by atoms with E-state index in [-0.39, 0.29) is 17.5 Å². The monoisotopic (exact) mass is 250 g/mol. The van der Waals surface area contributed by atoms with Gasteiger partial charge < -0.3 is 10.6 Å². The molecule has 4 heteroatoms. The van der Waals surface area contributed by atoms with Crippen molar-refractivity contribution in [3.63, 3.8) is 0 Å². The van der Waals surface area contributed by atoms with Crippen LogP contribution in [0.2, 0.25) is 0 Å². The highest BCUT2D eigenvalue weighted by Crippen LogP contribution is 2.23. The summed E-state index contributed by atoms with van der Waals surface area (Å²) in [7, 11) is 1.76.